The summed E-state index contributed by atoms with van der Waals surface area (Å²) in [5.41, 5.74) is 3.57. The normalized spacial score (nSPS) is 23.1. The lowest BCUT2D eigenvalue weighted by Gasteiger charge is -2.40. The Hall–Kier alpha value is -3.77. The third-order valence-corrected chi connectivity index (χ3v) is 9.11. The number of anilines is 2. The number of pyridine rings is 1. The Morgan fingerprint density at radius 2 is 1.84 bits per heavy atom. The number of carbonyl (C=O) groups is 2. The van der Waals surface area contributed by atoms with Gasteiger partial charge < -0.3 is 20.4 Å². The Balaban J connectivity index is 1.13. The summed E-state index contributed by atoms with van der Waals surface area (Å²) in [4.78, 5) is 35.1. The van der Waals surface area contributed by atoms with Crippen LogP contribution in [0.4, 0.5) is 24.8 Å². The average molecular weight is 610 g/mol. The lowest BCUT2D eigenvalue weighted by Crippen LogP contribution is -2.51. The molecular formula is C32H38F3N7O2. The standard InChI is InChI=1S/C32H38F3N7O2/c1-40-17-3-2-7-26(40)27-8-5-18-41(27)30(44)21-9-11-23(12-10-21)37-31-38-29-24(6-4-19-42(29)39-31)22-14-16-36-25(20-22)28(43)13-15-32(33,34)35/h4,6,9-12,14,19,25-27,36H,2-3,5,7-8,13,15-18,20H2,1H3,(H,37,39). The van der Waals surface area contributed by atoms with Crippen LogP contribution in [0.5, 0.6) is 0 Å². The highest BCUT2D eigenvalue weighted by atomic mass is 19.4. The van der Waals surface area contributed by atoms with Crippen molar-refractivity contribution in [2.24, 2.45) is 0 Å². The molecule has 234 valence electrons. The number of nitrogens with zero attached hydrogens (tertiary/aromatic N) is 5. The maximum absolute atomic E-state index is 13.5. The highest BCUT2D eigenvalue weighted by molar-refractivity contribution is 5.95. The fourth-order valence-electron chi connectivity index (χ4n) is 6.82. The second-order valence-corrected chi connectivity index (χ2v) is 12.1. The molecule has 2 aromatic heterocycles. The first-order valence-corrected chi connectivity index (χ1v) is 15.4. The van der Waals surface area contributed by atoms with E-state index in [1.54, 1.807) is 10.7 Å². The first kappa shape index (κ1) is 30.3. The highest BCUT2D eigenvalue weighted by Crippen LogP contribution is 2.31. The molecule has 2 fully saturated rings. The van der Waals surface area contributed by atoms with Gasteiger partial charge in [-0.2, -0.15) is 18.2 Å². The molecular weight excluding hydrogens is 571 g/mol. The lowest BCUT2D eigenvalue weighted by molar-refractivity contribution is -0.144. The van der Waals surface area contributed by atoms with Crippen LogP contribution >= 0.6 is 0 Å². The van der Waals surface area contributed by atoms with Crippen molar-refractivity contribution < 1.29 is 22.8 Å². The summed E-state index contributed by atoms with van der Waals surface area (Å²) in [5.74, 6) is -0.0185. The number of fused-ring (bicyclic) bond motifs is 1. The number of rotatable bonds is 8. The number of carbonyl (C=O) groups excluding carboxylic acids is 2. The van der Waals surface area contributed by atoms with E-state index in [4.69, 9.17) is 0 Å². The van der Waals surface area contributed by atoms with Gasteiger partial charge in [0.2, 0.25) is 5.95 Å². The van der Waals surface area contributed by atoms with Gasteiger partial charge >= 0.3 is 6.18 Å². The number of ketones is 1. The maximum atomic E-state index is 13.5. The number of nitrogens with one attached hydrogen (secondary N) is 2. The van der Waals surface area contributed by atoms with Crippen LogP contribution in [0.3, 0.4) is 0 Å². The molecule has 3 aromatic rings. The van der Waals surface area contributed by atoms with Gasteiger partial charge in [0.05, 0.1) is 12.5 Å². The molecule has 12 heteroatoms. The van der Waals surface area contributed by atoms with E-state index in [0.717, 1.165) is 49.2 Å². The van der Waals surface area contributed by atoms with Crippen LogP contribution in [-0.2, 0) is 4.79 Å². The second-order valence-electron chi connectivity index (χ2n) is 12.1. The molecule has 3 unspecified atom stereocenters. The molecule has 0 aliphatic carbocycles. The molecule has 6 rings (SSSR count). The van der Waals surface area contributed by atoms with Gasteiger partial charge in [0.1, 0.15) is 5.78 Å². The fraction of sp³-hybridized carbons (Fsp3) is 0.500. The van der Waals surface area contributed by atoms with Crippen LogP contribution in [-0.4, -0.2) is 87.1 Å². The summed E-state index contributed by atoms with van der Waals surface area (Å²) in [6.45, 7) is 2.25. The van der Waals surface area contributed by atoms with Gasteiger partial charge in [-0.15, -0.1) is 5.10 Å². The summed E-state index contributed by atoms with van der Waals surface area (Å²) in [6, 6.07) is 11.1. The molecule has 44 heavy (non-hydrogen) atoms. The topological polar surface area (TPSA) is 94.9 Å². The number of piperidine rings is 1. The van der Waals surface area contributed by atoms with Crippen molar-refractivity contribution in [1.29, 1.82) is 0 Å². The van der Waals surface area contributed by atoms with E-state index in [2.05, 4.69) is 37.6 Å². The summed E-state index contributed by atoms with van der Waals surface area (Å²) >= 11 is 0. The molecule has 0 saturated carbocycles. The van der Waals surface area contributed by atoms with E-state index in [-0.39, 0.29) is 18.4 Å². The number of likely N-dealkylation sites (N-methyl/N-ethyl adjacent to an activating group) is 1. The van der Waals surface area contributed by atoms with Crippen molar-refractivity contribution in [3.63, 3.8) is 0 Å². The van der Waals surface area contributed by atoms with Crippen molar-refractivity contribution in [2.45, 2.75) is 75.7 Å². The Labute approximate surface area is 254 Å². The molecule has 1 amide bonds. The first-order chi connectivity index (χ1) is 21.2. The minimum absolute atomic E-state index is 0.0685. The number of hydrogen-bond acceptors (Lipinski definition) is 7. The molecule has 2 saturated heterocycles. The third kappa shape index (κ3) is 6.66. The summed E-state index contributed by atoms with van der Waals surface area (Å²) in [5, 5.41) is 10.8. The van der Waals surface area contributed by atoms with Crippen LogP contribution in [0, 0.1) is 0 Å². The number of alkyl halides is 3. The van der Waals surface area contributed by atoms with Crippen molar-refractivity contribution in [3.05, 3.63) is 59.8 Å². The number of aromatic nitrogens is 3. The van der Waals surface area contributed by atoms with Gasteiger partial charge in [-0.3, -0.25) is 9.59 Å². The van der Waals surface area contributed by atoms with Crippen LogP contribution in [0.1, 0.15) is 67.3 Å². The molecule has 0 spiro atoms. The Morgan fingerprint density at radius 3 is 2.61 bits per heavy atom. The molecule has 1 aromatic carbocycles. The molecule has 3 aliphatic heterocycles. The van der Waals surface area contributed by atoms with Crippen molar-refractivity contribution in [3.8, 4) is 0 Å². The van der Waals surface area contributed by atoms with Crippen molar-refractivity contribution in [2.75, 3.05) is 32.0 Å². The molecule has 5 heterocycles. The SMILES string of the molecule is CN1CCCCC1C1CCCN1C(=O)c1ccc(Nc2nc3c(C4=CCNC(C(=O)CCC(F)(F)F)C4)cccn3n2)cc1. The minimum atomic E-state index is -4.36. The third-order valence-electron chi connectivity index (χ3n) is 9.11. The van der Waals surface area contributed by atoms with E-state index in [0.29, 0.717) is 29.7 Å². The second kappa shape index (κ2) is 12.7. The van der Waals surface area contributed by atoms with Crippen LogP contribution in [0.15, 0.2) is 48.7 Å². The molecule has 3 atom stereocenters. The molecule has 2 N–H and O–H groups in total. The van der Waals surface area contributed by atoms with Gasteiger partial charge in [-0.05, 0) is 87.7 Å². The number of Topliss-reactive ketones (excluding diaryl/α,β-unsaturated/α-hetero) is 1. The minimum Gasteiger partial charge on any atom is -0.334 e. The van der Waals surface area contributed by atoms with Crippen molar-refractivity contribution in [1.82, 2.24) is 29.7 Å². The molecule has 3 aliphatic rings. The predicted octanol–water partition coefficient (Wildman–Crippen LogP) is 5.22. The summed E-state index contributed by atoms with van der Waals surface area (Å²) in [7, 11) is 2.17. The quantitative estimate of drug-likeness (QED) is 0.362. The summed E-state index contributed by atoms with van der Waals surface area (Å²) in [6.07, 6.45) is 3.59. The average Bonchev–Trinajstić information content (AvgIpc) is 3.67. The lowest BCUT2D eigenvalue weighted by atomic mass is 9.92. The van der Waals surface area contributed by atoms with Gasteiger partial charge in [0, 0.05) is 54.6 Å². The Kier molecular flexibility index (Phi) is 8.73. The van der Waals surface area contributed by atoms with E-state index >= 15 is 0 Å². The van der Waals surface area contributed by atoms with E-state index in [1.807, 2.05) is 42.5 Å². The maximum Gasteiger partial charge on any atom is 0.389 e. The summed E-state index contributed by atoms with van der Waals surface area (Å²) < 4.78 is 39.6. The molecule has 0 radical (unpaired) electrons. The zero-order valence-electron chi connectivity index (χ0n) is 24.8. The van der Waals surface area contributed by atoms with Gasteiger partial charge in [0.25, 0.3) is 5.91 Å². The van der Waals surface area contributed by atoms with E-state index in [9.17, 15) is 22.8 Å². The molecule has 9 nitrogen and oxygen atoms in total. The van der Waals surface area contributed by atoms with E-state index in [1.165, 1.54) is 12.8 Å². The zero-order chi connectivity index (χ0) is 30.8. The van der Waals surface area contributed by atoms with Crippen LogP contribution in [0.25, 0.3) is 11.2 Å². The van der Waals surface area contributed by atoms with Crippen LogP contribution in [0.2, 0.25) is 0 Å². The van der Waals surface area contributed by atoms with E-state index < -0.39 is 30.8 Å². The highest BCUT2D eigenvalue weighted by Gasteiger charge is 2.37. The van der Waals surface area contributed by atoms with Gasteiger partial charge in [-0.1, -0.05) is 12.5 Å². The monoisotopic (exact) mass is 609 g/mol. The number of benzene rings is 1. The number of hydrogen-bond donors (Lipinski definition) is 2. The van der Waals surface area contributed by atoms with Gasteiger partial charge in [0.15, 0.2) is 5.65 Å². The van der Waals surface area contributed by atoms with Crippen molar-refractivity contribution >= 4 is 34.5 Å². The Bertz CT molecular complexity index is 1530. The molecule has 0 bridgehead atoms. The Morgan fingerprint density at radius 1 is 1.05 bits per heavy atom. The smallest absolute Gasteiger partial charge is 0.334 e. The fourth-order valence-corrected chi connectivity index (χ4v) is 6.82. The number of amides is 1. The predicted molar refractivity (Wildman–Crippen MR) is 162 cm³/mol. The number of halogens is 3. The van der Waals surface area contributed by atoms with Gasteiger partial charge in [-0.25, -0.2) is 4.52 Å². The van der Waals surface area contributed by atoms with Crippen LogP contribution < -0.4 is 10.6 Å². The number of likely N-dealkylation sites (tertiary alicyclic amines) is 2. The largest absolute Gasteiger partial charge is 0.389 e. The zero-order valence-corrected chi connectivity index (χ0v) is 24.8. The first-order valence-electron chi connectivity index (χ1n) is 15.4.